The topological polar surface area (TPSA) is 55.6 Å². The molecular weight excluding hydrogens is 296 g/mol. The first-order valence-corrected chi connectivity index (χ1v) is 7.97. The number of nitrogen functional groups attached to an aromatic ring is 1. The lowest BCUT2D eigenvalue weighted by Gasteiger charge is -2.32. The molecule has 3 rings (SSSR count). The Morgan fingerprint density at radius 1 is 1.23 bits per heavy atom. The number of methoxy groups -OCH3 is 1. The van der Waals surface area contributed by atoms with Gasteiger partial charge in [0.05, 0.1) is 24.6 Å². The Balaban J connectivity index is 1.94. The molecule has 0 spiro atoms. The van der Waals surface area contributed by atoms with E-state index in [-0.39, 0.29) is 11.2 Å². The highest BCUT2D eigenvalue weighted by Gasteiger charge is 2.30. The van der Waals surface area contributed by atoms with Crippen molar-refractivity contribution in [3.05, 3.63) is 48.0 Å². The third-order valence-electron chi connectivity index (χ3n) is 3.69. The summed E-state index contributed by atoms with van der Waals surface area (Å²) in [5.41, 5.74) is 8.51. The zero-order valence-corrected chi connectivity index (χ0v) is 13.4. The summed E-state index contributed by atoms with van der Waals surface area (Å²) in [5.74, 6) is 0.918. The molecule has 0 saturated heterocycles. The number of carbonyl (C=O) groups is 1. The Hall–Kier alpha value is -2.14. The van der Waals surface area contributed by atoms with Gasteiger partial charge in [-0.2, -0.15) is 0 Å². The molecule has 0 aromatic heterocycles. The summed E-state index contributed by atoms with van der Waals surface area (Å²) in [4.78, 5) is 15.5. The van der Waals surface area contributed by atoms with E-state index in [4.69, 9.17) is 10.5 Å². The molecule has 0 fully saturated rings. The first kappa shape index (κ1) is 14.8. The highest BCUT2D eigenvalue weighted by Crippen LogP contribution is 2.40. The monoisotopic (exact) mass is 314 g/mol. The molecule has 0 bridgehead atoms. The van der Waals surface area contributed by atoms with Crippen molar-refractivity contribution in [1.82, 2.24) is 0 Å². The van der Waals surface area contributed by atoms with E-state index in [0.29, 0.717) is 12.2 Å². The number of anilines is 2. The molecule has 1 aliphatic heterocycles. The van der Waals surface area contributed by atoms with Gasteiger partial charge < -0.3 is 15.4 Å². The van der Waals surface area contributed by atoms with Gasteiger partial charge in [-0.05, 0) is 42.8 Å². The molecule has 114 valence electrons. The van der Waals surface area contributed by atoms with Gasteiger partial charge in [0.15, 0.2) is 0 Å². The Kier molecular flexibility index (Phi) is 3.98. The molecule has 4 nitrogen and oxygen atoms in total. The quantitative estimate of drug-likeness (QED) is 0.883. The van der Waals surface area contributed by atoms with Crippen LogP contribution in [0.1, 0.15) is 12.5 Å². The van der Waals surface area contributed by atoms with Crippen LogP contribution < -0.4 is 15.4 Å². The number of nitrogens with two attached hydrogens (primary N) is 1. The van der Waals surface area contributed by atoms with Gasteiger partial charge >= 0.3 is 0 Å². The smallest absolute Gasteiger partial charge is 0.240 e. The SMILES string of the molecule is COc1ccc(CN2C(=O)[C@@H](C)Sc3ccc(N)cc32)cc1. The maximum Gasteiger partial charge on any atom is 0.240 e. The summed E-state index contributed by atoms with van der Waals surface area (Å²) >= 11 is 1.58. The van der Waals surface area contributed by atoms with Crippen LogP contribution in [-0.4, -0.2) is 18.3 Å². The predicted octanol–water partition coefficient (Wildman–Crippen LogP) is 3.30. The number of benzene rings is 2. The largest absolute Gasteiger partial charge is 0.497 e. The minimum Gasteiger partial charge on any atom is -0.497 e. The van der Waals surface area contributed by atoms with Crippen LogP contribution >= 0.6 is 11.8 Å². The minimum absolute atomic E-state index is 0.0885. The lowest BCUT2D eigenvalue weighted by molar-refractivity contribution is -0.118. The average molecular weight is 314 g/mol. The second-order valence-corrected chi connectivity index (χ2v) is 6.64. The first-order valence-electron chi connectivity index (χ1n) is 7.09. The van der Waals surface area contributed by atoms with E-state index in [1.807, 2.05) is 54.3 Å². The number of fused-ring (bicyclic) bond motifs is 1. The van der Waals surface area contributed by atoms with E-state index in [1.54, 1.807) is 18.9 Å². The molecule has 0 aliphatic carbocycles. The van der Waals surface area contributed by atoms with Crippen LogP contribution in [0.5, 0.6) is 5.75 Å². The lowest BCUT2D eigenvalue weighted by atomic mass is 10.1. The van der Waals surface area contributed by atoms with Gasteiger partial charge in [0.2, 0.25) is 5.91 Å². The highest BCUT2D eigenvalue weighted by atomic mass is 32.2. The van der Waals surface area contributed by atoms with E-state index in [2.05, 4.69) is 0 Å². The number of hydrogen-bond acceptors (Lipinski definition) is 4. The molecule has 5 heteroatoms. The molecule has 0 radical (unpaired) electrons. The molecule has 1 amide bonds. The highest BCUT2D eigenvalue weighted by molar-refractivity contribution is 8.00. The maximum absolute atomic E-state index is 12.6. The summed E-state index contributed by atoms with van der Waals surface area (Å²) in [6.45, 7) is 2.47. The van der Waals surface area contributed by atoms with Crippen LogP contribution in [0.25, 0.3) is 0 Å². The first-order chi connectivity index (χ1) is 10.6. The van der Waals surface area contributed by atoms with E-state index in [0.717, 1.165) is 21.9 Å². The molecule has 2 aromatic carbocycles. The fraction of sp³-hybridized carbons (Fsp3) is 0.235. The molecule has 1 atom stereocenters. The number of nitrogens with zero attached hydrogens (tertiary/aromatic N) is 1. The molecule has 1 aliphatic rings. The number of rotatable bonds is 3. The van der Waals surface area contributed by atoms with Crippen molar-refractivity contribution in [3.63, 3.8) is 0 Å². The van der Waals surface area contributed by atoms with Gasteiger partial charge in [0.1, 0.15) is 5.75 Å². The Morgan fingerprint density at radius 2 is 1.95 bits per heavy atom. The van der Waals surface area contributed by atoms with Crippen LogP contribution in [0, 0.1) is 0 Å². The van der Waals surface area contributed by atoms with Crippen molar-refractivity contribution in [2.24, 2.45) is 0 Å². The molecular formula is C17H18N2O2S. The molecule has 2 aromatic rings. The third-order valence-corrected chi connectivity index (χ3v) is 4.85. The minimum atomic E-state index is -0.0885. The zero-order valence-electron chi connectivity index (χ0n) is 12.6. The van der Waals surface area contributed by atoms with Gasteiger partial charge in [-0.3, -0.25) is 4.79 Å². The summed E-state index contributed by atoms with van der Waals surface area (Å²) in [5, 5.41) is -0.0885. The van der Waals surface area contributed by atoms with Crippen molar-refractivity contribution in [3.8, 4) is 5.75 Å². The summed E-state index contributed by atoms with van der Waals surface area (Å²) in [6, 6.07) is 13.5. The van der Waals surface area contributed by atoms with Crippen molar-refractivity contribution in [1.29, 1.82) is 0 Å². The fourth-order valence-electron chi connectivity index (χ4n) is 2.50. The Labute approximate surface area is 134 Å². The van der Waals surface area contributed by atoms with Crippen LogP contribution in [0.3, 0.4) is 0 Å². The molecule has 0 saturated carbocycles. The van der Waals surface area contributed by atoms with Crippen molar-refractivity contribution in [2.45, 2.75) is 23.6 Å². The Morgan fingerprint density at radius 3 is 2.64 bits per heavy atom. The van der Waals surface area contributed by atoms with Gasteiger partial charge in [0.25, 0.3) is 0 Å². The molecule has 1 heterocycles. The van der Waals surface area contributed by atoms with E-state index in [1.165, 1.54) is 0 Å². The second kappa shape index (κ2) is 5.93. The van der Waals surface area contributed by atoms with E-state index >= 15 is 0 Å². The normalized spacial score (nSPS) is 17.3. The molecule has 0 unspecified atom stereocenters. The molecule has 2 N–H and O–H groups in total. The Bertz CT molecular complexity index is 700. The van der Waals surface area contributed by atoms with Gasteiger partial charge in [0, 0.05) is 10.6 Å². The number of hydrogen-bond donors (Lipinski definition) is 1. The fourth-order valence-corrected chi connectivity index (χ4v) is 3.55. The number of amides is 1. The standard InChI is InChI=1S/C17H18N2O2S/c1-11-17(20)19(10-12-3-6-14(21-2)7-4-12)15-9-13(18)5-8-16(15)22-11/h3-9,11H,10,18H2,1-2H3/t11-/m1/s1. The van der Waals surface area contributed by atoms with Gasteiger partial charge in [-0.25, -0.2) is 0 Å². The second-order valence-electron chi connectivity index (χ2n) is 5.26. The van der Waals surface area contributed by atoms with Crippen LogP contribution in [-0.2, 0) is 11.3 Å². The summed E-state index contributed by atoms with van der Waals surface area (Å²) in [7, 11) is 1.64. The zero-order chi connectivity index (χ0) is 15.7. The maximum atomic E-state index is 12.6. The number of ether oxygens (including phenoxy) is 1. The summed E-state index contributed by atoms with van der Waals surface area (Å²) < 4.78 is 5.17. The average Bonchev–Trinajstić information content (AvgIpc) is 2.53. The van der Waals surface area contributed by atoms with Crippen molar-refractivity contribution >= 4 is 29.0 Å². The number of thioether (sulfide) groups is 1. The van der Waals surface area contributed by atoms with Crippen LogP contribution in [0.15, 0.2) is 47.4 Å². The third kappa shape index (κ3) is 2.76. The summed E-state index contributed by atoms with van der Waals surface area (Å²) in [6.07, 6.45) is 0. The number of carbonyl (C=O) groups excluding carboxylic acids is 1. The van der Waals surface area contributed by atoms with Gasteiger partial charge in [-0.1, -0.05) is 12.1 Å². The van der Waals surface area contributed by atoms with Crippen LogP contribution in [0.2, 0.25) is 0 Å². The lowest BCUT2D eigenvalue weighted by Crippen LogP contribution is -2.39. The van der Waals surface area contributed by atoms with E-state index in [9.17, 15) is 4.79 Å². The predicted molar refractivity (Wildman–Crippen MR) is 90.4 cm³/mol. The molecule has 22 heavy (non-hydrogen) atoms. The van der Waals surface area contributed by atoms with Crippen LogP contribution in [0.4, 0.5) is 11.4 Å². The van der Waals surface area contributed by atoms with Crippen molar-refractivity contribution < 1.29 is 9.53 Å². The van der Waals surface area contributed by atoms with Gasteiger partial charge in [-0.15, -0.1) is 11.8 Å². The van der Waals surface area contributed by atoms with E-state index < -0.39 is 0 Å². The van der Waals surface area contributed by atoms with Crippen molar-refractivity contribution in [2.75, 3.05) is 17.7 Å².